The number of pyridine rings is 1. The Morgan fingerprint density at radius 3 is 1.48 bits per heavy atom. The van der Waals surface area contributed by atoms with Gasteiger partial charge in [-0.05, 0) is 6.07 Å². The van der Waals surface area contributed by atoms with Crippen LogP contribution in [-0.2, 0) is 21.1 Å². The number of ether oxygens (including phenoxy) is 1. The average Bonchev–Trinajstić information content (AvgIpc) is 4.22. The van der Waals surface area contributed by atoms with Crippen LogP contribution in [0.2, 0.25) is 11.5 Å². The van der Waals surface area contributed by atoms with Crippen molar-refractivity contribution < 1.29 is 25.8 Å². The van der Waals surface area contributed by atoms with Crippen molar-refractivity contribution in [3.05, 3.63) is 286 Å². The maximum atomic E-state index is 6.88. The van der Waals surface area contributed by atoms with Crippen LogP contribution < -0.4 is 23.3 Å². The SMILES string of the molecule is [CH3][Ge]1([CH3])[c]2ccc(Oc3[c-]c4c(cc3)c3ccccc3n4-c3ccccn3)[c-]c2N2[CH-]N(c3c(-c4cc(-c5ccccc5)cc(-c5ccccc5)c4)cccc3-c3cc(-c4ccccc4)cc(-c4ccccc4)c3)c3ccc[c]1c32.[Pt]. The molecule has 13 aromatic rings. The molecule has 0 aliphatic carbocycles. The zero-order valence-corrected chi connectivity index (χ0v) is 48.9. The Kier molecular flexibility index (Phi) is 12.8. The molecule has 0 bridgehead atoms. The predicted molar refractivity (Wildman–Crippen MR) is 334 cm³/mol. The summed E-state index contributed by atoms with van der Waals surface area (Å²) in [5.41, 5.74) is 20.2. The van der Waals surface area contributed by atoms with Gasteiger partial charge in [-0.3, -0.25) is 0 Å². The first-order valence-corrected chi connectivity index (χ1v) is 33.5. The normalized spacial score (nSPS) is 13.0. The van der Waals surface area contributed by atoms with Gasteiger partial charge in [0.25, 0.3) is 0 Å². The minimum atomic E-state index is -3.02. The zero-order valence-electron chi connectivity index (χ0n) is 44.5. The van der Waals surface area contributed by atoms with E-state index in [1.807, 2.05) is 30.5 Å². The van der Waals surface area contributed by atoms with Crippen molar-refractivity contribution in [1.29, 1.82) is 0 Å². The van der Waals surface area contributed by atoms with Gasteiger partial charge in [-0.25, -0.2) is 0 Å². The summed E-state index contributed by atoms with van der Waals surface area (Å²) >= 11 is -3.02. The number of benzene rings is 11. The van der Waals surface area contributed by atoms with Crippen molar-refractivity contribution in [2.75, 3.05) is 9.80 Å². The first-order valence-electron chi connectivity index (χ1n) is 27.3. The van der Waals surface area contributed by atoms with Gasteiger partial charge >= 0.3 is 442 Å². The van der Waals surface area contributed by atoms with E-state index in [1.54, 1.807) is 0 Å². The van der Waals surface area contributed by atoms with Gasteiger partial charge in [0, 0.05) is 21.1 Å². The third-order valence-corrected chi connectivity index (χ3v) is 23.4. The van der Waals surface area contributed by atoms with E-state index in [0.29, 0.717) is 11.5 Å². The van der Waals surface area contributed by atoms with E-state index in [2.05, 4.69) is 281 Å². The van der Waals surface area contributed by atoms with E-state index in [1.165, 1.54) is 36.7 Å². The van der Waals surface area contributed by atoms with Crippen molar-refractivity contribution >= 4 is 66.6 Å². The summed E-state index contributed by atoms with van der Waals surface area (Å²) in [6.07, 6.45) is 1.83. The number of para-hydroxylation sites is 3. The number of hydrogen-bond acceptors (Lipinski definition) is 4. The Bertz CT molecular complexity index is 4250. The van der Waals surface area contributed by atoms with Crippen molar-refractivity contribution in [3.63, 3.8) is 0 Å². The summed E-state index contributed by atoms with van der Waals surface area (Å²) in [4.78, 5) is 9.62. The maximum Gasteiger partial charge on any atom is 0 e. The van der Waals surface area contributed by atoms with Crippen LogP contribution in [0.15, 0.2) is 267 Å². The van der Waals surface area contributed by atoms with E-state index in [-0.39, 0.29) is 21.1 Å². The molecular formula is C74H51GeN4OPt-3. The fourth-order valence-electron chi connectivity index (χ4n) is 12.2. The van der Waals surface area contributed by atoms with Crippen LogP contribution in [0.1, 0.15) is 0 Å². The summed E-state index contributed by atoms with van der Waals surface area (Å²) in [5, 5.41) is 2.23. The molecule has 2 aliphatic heterocycles. The molecule has 0 atom stereocenters. The van der Waals surface area contributed by atoms with Crippen molar-refractivity contribution in [2.45, 2.75) is 11.5 Å². The fraction of sp³-hybridized carbons (Fsp3) is 0.0270. The van der Waals surface area contributed by atoms with Gasteiger partial charge in [0.2, 0.25) is 0 Å². The molecule has 5 nitrogen and oxygen atoms in total. The maximum absolute atomic E-state index is 6.88. The molecule has 81 heavy (non-hydrogen) atoms. The second kappa shape index (κ2) is 20.6. The van der Waals surface area contributed by atoms with Crippen molar-refractivity contribution in [3.8, 4) is 84.1 Å². The van der Waals surface area contributed by atoms with Gasteiger partial charge in [-0.2, -0.15) is 0 Å². The largest absolute Gasteiger partial charge is 0 e. The number of fused-ring (bicyclic) bond motifs is 5. The van der Waals surface area contributed by atoms with E-state index in [0.717, 1.165) is 89.2 Å². The Morgan fingerprint density at radius 2 is 0.914 bits per heavy atom. The first kappa shape index (κ1) is 50.2. The molecule has 4 heterocycles. The van der Waals surface area contributed by atoms with E-state index in [9.17, 15) is 0 Å². The van der Waals surface area contributed by atoms with Gasteiger partial charge in [-0.1, -0.05) is 24.3 Å². The summed E-state index contributed by atoms with van der Waals surface area (Å²) < 4.78 is 11.8. The van der Waals surface area contributed by atoms with Crippen LogP contribution in [0.3, 0.4) is 0 Å². The molecule has 0 amide bonds. The molecule has 2 aromatic heterocycles. The molecule has 15 rings (SSSR count). The van der Waals surface area contributed by atoms with Gasteiger partial charge in [0.1, 0.15) is 0 Å². The van der Waals surface area contributed by atoms with Crippen LogP contribution in [0.25, 0.3) is 94.4 Å². The topological polar surface area (TPSA) is 33.5 Å². The van der Waals surface area contributed by atoms with Crippen molar-refractivity contribution in [1.82, 2.24) is 9.55 Å². The summed E-state index contributed by atoms with van der Waals surface area (Å²) in [5.74, 6) is 7.10. The molecule has 0 N–H and O–H groups in total. The molecule has 0 radical (unpaired) electrons. The molecule has 11 aromatic carbocycles. The average molecular weight is 1280 g/mol. The van der Waals surface area contributed by atoms with Crippen molar-refractivity contribution in [2.24, 2.45) is 0 Å². The number of rotatable bonds is 10. The number of hydrogen-bond donors (Lipinski definition) is 0. The second-order valence-corrected chi connectivity index (χ2v) is 30.3. The second-order valence-electron chi connectivity index (χ2n) is 21.2. The van der Waals surface area contributed by atoms with Crippen LogP contribution in [0.5, 0.6) is 11.5 Å². The van der Waals surface area contributed by atoms with Gasteiger partial charge in [0.15, 0.2) is 0 Å². The smallest absolute Gasteiger partial charge is 0 e. The van der Waals surface area contributed by atoms with Gasteiger partial charge < -0.3 is 0 Å². The molecule has 390 valence electrons. The van der Waals surface area contributed by atoms with E-state index in [4.69, 9.17) is 9.72 Å². The predicted octanol–water partition coefficient (Wildman–Crippen LogP) is 18.1. The Hall–Kier alpha value is -9.00. The molecular weight excluding hydrogens is 1230 g/mol. The van der Waals surface area contributed by atoms with Gasteiger partial charge in [-0.15, -0.1) is 0 Å². The van der Waals surface area contributed by atoms with Crippen LogP contribution in [0.4, 0.5) is 22.7 Å². The standard InChI is InChI=1S/C74H51GeN4O.Pt/c1-75(2)66-39-37-61(80-60-36-38-65-64-29-15-16-33-68(64)79(70(65)47-60)72-35-17-18-40-76-72)48-71(66)78-49-77(69-34-20-32-67(75)74(69)78)73-62(58-43-54(50-21-7-3-8-22-50)41-55(44-58)51-23-9-4-10-24-51)30-19-31-63(73)59-45-56(52-25-11-5-12-26-52)42-57(46-59)53-27-13-6-14-28-53;/h3-46,49H,1-2H3;/q-3;. The van der Waals surface area contributed by atoms with E-state index >= 15 is 0 Å². The third-order valence-electron chi connectivity index (χ3n) is 16.1. The Morgan fingerprint density at radius 1 is 0.407 bits per heavy atom. The summed E-state index contributed by atoms with van der Waals surface area (Å²) in [7, 11) is 0. The fourth-order valence-corrected chi connectivity index (χ4v) is 18.4. The number of aromatic nitrogens is 2. The molecule has 7 heteroatoms. The number of nitrogens with zero attached hydrogens (tertiary/aromatic N) is 4. The van der Waals surface area contributed by atoms with Crippen LogP contribution in [0, 0.1) is 18.8 Å². The quantitative estimate of drug-likeness (QED) is 0.101. The summed E-state index contributed by atoms with van der Waals surface area (Å²) in [6, 6.07) is 102. The monoisotopic (exact) mass is 1280 g/mol. The van der Waals surface area contributed by atoms with Gasteiger partial charge in [0.05, 0.1) is 0 Å². The summed E-state index contributed by atoms with van der Waals surface area (Å²) in [6.45, 7) is 2.31. The molecule has 0 spiro atoms. The zero-order chi connectivity index (χ0) is 53.3. The van der Waals surface area contributed by atoms with Crippen LogP contribution in [-0.4, -0.2) is 22.8 Å². The third kappa shape index (κ3) is 8.80. The minimum Gasteiger partial charge on any atom is 0 e. The molecule has 2 aliphatic rings. The minimum absolute atomic E-state index is 0. The number of anilines is 4. The molecule has 0 unspecified atom stereocenters. The Balaban J connectivity index is 0.00000589. The first-order chi connectivity index (χ1) is 39.4. The molecule has 0 saturated carbocycles. The Labute approximate surface area is 489 Å². The van der Waals surface area contributed by atoms with E-state index < -0.39 is 13.3 Å². The molecule has 0 saturated heterocycles. The molecule has 0 fully saturated rings. The van der Waals surface area contributed by atoms with Crippen LogP contribution >= 0.6 is 0 Å².